The number of ketones is 1. The molecule has 0 amide bonds. The minimum atomic E-state index is -0.426. The molecule has 2 aromatic carbocycles. The first-order chi connectivity index (χ1) is 9.13. The lowest BCUT2D eigenvalue weighted by atomic mass is 10.1. The van der Waals surface area contributed by atoms with E-state index in [9.17, 15) is 14.3 Å². The first kappa shape index (κ1) is 11.9. The van der Waals surface area contributed by atoms with Gasteiger partial charge in [-0.1, -0.05) is 12.1 Å². The summed E-state index contributed by atoms with van der Waals surface area (Å²) in [4.78, 5) is 12.8. The van der Waals surface area contributed by atoms with E-state index < -0.39 is 5.82 Å². The Hall–Kier alpha value is -2.20. The molecule has 19 heavy (non-hydrogen) atoms. The van der Waals surface area contributed by atoms with Crippen molar-refractivity contribution in [2.24, 2.45) is 0 Å². The third-order valence-electron chi connectivity index (χ3n) is 2.81. The molecule has 1 aromatic heterocycles. The molecule has 0 aliphatic heterocycles. The lowest BCUT2D eigenvalue weighted by molar-refractivity contribution is 0.104. The Labute approximate surface area is 112 Å². The van der Waals surface area contributed by atoms with E-state index in [2.05, 4.69) is 0 Å². The van der Waals surface area contributed by atoms with Gasteiger partial charge in [0.2, 0.25) is 5.78 Å². The highest BCUT2D eigenvalue weighted by Gasteiger charge is 2.13. The van der Waals surface area contributed by atoms with Crippen LogP contribution < -0.4 is 0 Å². The van der Waals surface area contributed by atoms with Crippen LogP contribution in [0.1, 0.15) is 15.2 Å². The summed E-state index contributed by atoms with van der Waals surface area (Å²) in [5.41, 5.74) is 0.329. The molecule has 2 nitrogen and oxygen atoms in total. The summed E-state index contributed by atoms with van der Waals surface area (Å²) in [5, 5.41) is 10.3. The Morgan fingerprint density at radius 2 is 1.95 bits per heavy atom. The van der Waals surface area contributed by atoms with E-state index in [-0.39, 0.29) is 11.5 Å². The van der Waals surface area contributed by atoms with E-state index in [1.54, 1.807) is 30.3 Å². The van der Waals surface area contributed by atoms with Gasteiger partial charge in [-0.05, 0) is 41.8 Å². The summed E-state index contributed by atoms with van der Waals surface area (Å²) in [5.74, 6) is -0.469. The SMILES string of the molecule is O=C(c1cccc(F)c1)c1cc2ccc(O)cc2s1. The van der Waals surface area contributed by atoms with Crippen LogP contribution in [0.4, 0.5) is 4.39 Å². The number of hydrogen-bond donors (Lipinski definition) is 1. The van der Waals surface area contributed by atoms with Crippen LogP contribution in [0.25, 0.3) is 10.1 Å². The minimum absolute atomic E-state index is 0.166. The fraction of sp³-hybridized carbons (Fsp3) is 0. The number of phenols is 1. The van der Waals surface area contributed by atoms with Crippen molar-refractivity contribution in [1.29, 1.82) is 0 Å². The second-order valence-corrected chi connectivity index (χ2v) is 5.26. The Kier molecular flexibility index (Phi) is 2.80. The molecule has 4 heteroatoms. The number of thiophene rings is 1. The van der Waals surface area contributed by atoms with Crippen LogP contribution in [-0.2, 0) is 0 Å². The summed E-state index contributed by atoms with van der Waals surface area (Å²) in [6.07, 6.45) is 0. The van der Waals surface area contributed by atoms with E-state index in [1.807, 2.05) is 0 Å². The quantitative estimate of drug-likeness (QED) is 0.716. The van der Waals surface area contributed by atoms with E-state index in [0.717, 1.165) is 10.1 Å². The highest BCUT2D eigenvalue weighted by Crippen LogP contribution is 2.30. The maximum atomic E-state index is 13.1. The fourth-order valence-electron chi connectivity index (χ4n) is 1.90. The predicted molar refractivity (Wildman–Crippen MR) is 73.3 cm³/mol. The Morgan fingerprint density at radius 1 is 1.11 bits per heavy atom. The molecule has 0 aliphatic carbocycles. The van der Waals surface area contributed by atoms with Gasteiger partial charge >= 0.3 is 0 Å². The average Bonchev–Trinajstić information content (AvgIpc) is 2.80. The van der Waals surface area contributed by atoms with Gasteiger partial charge in [0.05, 0.1) is 4.88 Å². The highest BCUT2D eigenvalue weighted by molar-refractivity contribution is 7.21. The normalized spacial score (nSPS) is 10.8. The molecule has 0 bridgehead atoms. The smallest absolute Gasteiger partial charge is 0.203 e. The van der Waals surface area contributed by atoms with Gasteiger partial charge in [0.1, 0.15) is 11.6 Å². The van der Waals surface area contributed by atoms with Crippen LogP contribution in [-0.4, -0.2) is 10.9 Å². The van der Waals surface area contributed by atoms with E-state index in [1.165, 1.54) is 29.5 Å². The molecule has 0 aliphatic rings. The first-order valence-corrected chi connectivity index (χ1v) is 6.48. The second-order valence-electron chi connectivity index (χ2n) is 4.17. The Balaban J connectivity index is 2.06. The number of carbonyl (C=O) groups is 1. The van der Waals surface area contributed by atoms with Crippen LogP contribution in [0.2, 0.25) is 0 Å². The van der Waals surface area contributed by atoms with Crippen molar-refractivity contribution in [3.05, 3.63) is 64.8 Å². The summed E-state index contributed by atoms with van der Waals surface area (Å²) in [6, 6.07) is 12.3. The van der Waals surface area contributed by atoms with Gasteiger partial charge in [-0.15, -0.1) is 11.3 Å². The van der Waals surface area contributed by atoms with E-state index in [4.69, 9.17) is 0 Å². The molecule has 1 N–H and O–H groups in total. The van der Waals surface area contributed by atoms with Crippen molar-refractivity contribution in [2.75, 3.05) is 0 Å². The minimum Gasteiger partial charge on any atom is -0.508 e. The van der Waals surface area contributed by atoms with Gasteiger partial charge in [0.15, 0.2) is 0 Å². The van der Waals surface area contributed by atoms with Gasteiger partial charge in [-0.25, -0.2) is 4.39 Å². The number of aromatic hydroxyl groups is 1. The van der Waals surface area contributed by atoms with Gasteiger partial charge in [-0.2, -0.15) is 0 Å². The largest absolute Gasteiger partial charge is 0.508 e. The summed E-state index contributed by atoms with van der Waals surface area (Å²) in [6.45, 7) is 0. The fourth-order valence-corrected chi connectivity index (χ4v) is 2.96. The average molecular weight is 272 g/mol. The van der Waals surface area contributed by atoms with Crippen molar-refractivity contribution in [1.82, 2.24) is 0 Å². The zero-order valence-electron chi connectivity index (χ0n) is 9.76. The van der Waals surface area contributed by atoms with Crippen molar-refractivity contribution in [3.8, 4) is 5.75 Å². The number of halogens is 1. The second kappa shape index (κ2) is 4.48. The molecule has 0 radical (unpaired) electrons. The molecule has 1 heterocycles. The standard InChI is InChI=1S/C15H9FO2S/c16-11-3-1-2-10(6-11)15(18)14-7-9-4-5-12(17)8-13(9)19-14/h1-8,17H. The van der Waals surface area contributed by atoms with Crippen LogP contribution in [0, 0.1) is 5.82 Å². The third-order valence-corrected chi connectivity index (χ3v) is 3.91. The van der Waals surface area contributed by atoms with Crippen LogP contribution in [0.3, 0.4) is 0 Å². The topological polar surface area (TPSA) is 37.3 Å². The number of fused-ring (bicyclic) bond motifs is 1. The molecule has 0 fully saturated rings. The van der Waals surface area contributed by atoms with Crippen LogP contribution >= 0.6 is 11.3 Å². The lowest BCUT2D eigenvalue weighted by Crippen LogP contribution is -1.98. The number of benzene rings is 2. The summed E-state index contributed by atoms with van der Waals surface area (Å²) >= 11 is 1.29. The molecule has 3 aromatic rings. The molecule has 94 valence electrons. The number of rotatable bonds is 2. The van der Waals surface area contributed by atoms with Gasteiger partial charge < -0.3 is 5.11 Å². The number of hydrogen-bond acceptors (Lipinski definition) is 3. The maximum absolute atomic E-state index is 13.1. The van der Waals surface area contributed by atoms with Gasteiger partial charge in [0.25, 0.3) is 0 Å². The molecule has 3 rings (SSSR count). The van der Waals surface area contributed by atoms with Crippen LogP contribution in [0.5, 0.6) is 5.75 Å². The van der Waals surface area contributed by atoms with Crippen molar-refractivity contribution >= 4 is 27.2 Å². The molecule has 0 saturated carbocycles. The number of phenolic OH excluding ortho intramolecular Hbond substituents is 1. The van der Waals surface area contributed by atoms with Crippen molar-refractivity contribution in [2.45, 2.75) is 0 Å². The number of carbonyl (C=O) groups excluding carboxylic acids is 1. The summed E-state index contributed by atoms with van der Waals surface area (Å²) < 4.78 is 14.0. The van der Waals surface area contributed by atoms with Crippen LogP contribution in [0.15, 0.2) is 48.5 Å². The van der Waals surface area contributed by atoms with Crippen molar-refractivity contribution in [3.63, 3.8) is 0 Å². The molecule has 0 spiro atoms. The molecule has 0 unspecified atom stereocenters. The van der Waals surface area contributed by atoms with Crippen molar-refractivity contribution < 1.29 is 14.3 Å². The Bertz CT molecular complexity index is 777. The third kappa shape index (κ3) is 2.22. The molecule has 0 saturated heterocycles. The molecular formula is C15H9FO2S. The molecular weight excluding hydrogens is 263 g/mol. The monoisotopic (exact) mass is 272 g/mol. The van der Waals surface area contributed by atoms with E-state index in [0.29, 0.717) is 10.4 Å². The van der Waals surface area contributed by atoms with E-state index >= 15 is 0 Å². The zero-order valence-corrected chi connectivity index (χ0v) is 10.6. The maximum Gasteiger partial charge on any atom is 0.203 e. The lowest BCUT2D eigenvalue weighted by Gasteiger charge is -1.97. The Morgan fingerprint density at radius 3 is 2.74 bits per heavy atom. The summed E-state index contributed by atoms with van der Waals surface area (Å²) in [7, 11) is 0. The first-order valence-electron chi connectivity index (χ1n) is 5.66. The molecule has 0 atom stereocenters. The zero-order chi connectivity index (χ0) is 13.4. The van der Waals surface area contributed by atoms with Gasteiger partial charge in [-0.3, -0.25) is 4.79 Å². The predicted octanol–water partition coefficient (Wildman–Crippen LogP) is 3.98. The highest BCUT2D eigenvalue weighted by atomic mass is 32.1. The van der Waals surface area contributed by atoms with Gasteiger partial charge in [0, 0.05) is 10.3 Å².